The van der Waals surface area contributed by atoms with Gasteiger partial charge in [-0.25, -0.2) is 4.68 Å². The zero-order valence-electron chi connectivity index (χ0n) is 11.8. The van der Waals surface area contributed by atoms with Gasteiger partial charge in [0.25, 0.3) is 0 Å². The molecule has 0 fully saturated rings. The molecule has 0 spiro atoms. The topological polar surface area (TPSA) is 65.1 Å². The van der Waals surface area contributed by atoms with Crippen molar-refractivity contribution in [2.45, 2.75) is 6.10 Å². The highest BCUT2D eigenvalue weighted by atomic mass is 16.5. The number of methoxy groups -OCH3 is 1. The Bertz CT molecular complexity index is 733. The van der Waals surface area contributed by atoms with E-state index in [4.69, 9.17) is 4.74 Å². The van der Waals surface area contributed by atoms with Crippen LogP contribution in [-0.4, -0.2) is 31.8 Å². The van der Waals surface area contributed by atoms with E-state index in [0.29, 0.717) is 17.1 Å². The maximum Gasteiger partial charge on any atom is 0.163 e. The summed E-state index contributed by atoms with van der Waals surface area (Å²) in [6, 6.07) is 11.5. The number of aryl methyl sites for hydroxylation is 1. The van der Waals surface area contributed by atoms with E-state index in [-0.39, 0.29) is 0 Å². The van der Waals surface area contributed by atoms with Gasteiger partial charge >= 0.3 is 0 Å². The maximum absolute atomic E-state index is 10.5. The van der Waals surface area contributed by atoms with Crippen molar-refractivity contribution in [2.75, 3.05) is 7.11 Å². The van der Waals surface area contributed by atoms with Gasteiger partial charge in [0.05, 0.1) is 24.7 Å². The van der Waals surface area contributed by atoms with Crippen molar-refractivity contribution in [1.82, 2.24) is 19.6 Å². The molecule has 2 heterocycles. The number of aromatic nitrogens is 4. The summed E-state index contributed by atoms with van der Waals surface area (Å²) in [4.78, 5) is 0. The predicted molar refractivity (Wildman–Crippen MR) is 77.4 cm³/mol. The largest absolute Gasteiger partial charge is 0.493 e. The van der Waals surface area contributed by atoms with Gasteiger partial charge in [0.1, 0.15) is 11.8 Å². The minimum absolute atomic E-state index is 0.541. The minimum atomic E-state index is -0.891. The van der Waals surface area contributed by atoms with Crippen molar-refractivity contribution in [1.29, 1.82) is 0 Å². The van der Waals surface area contributed by atoms with Gasteiger partial charge in [0.2, 0.25) is 0 Å². The van der Waals surface area contributed by atoms with Gasteiger partial charge in [0.15, 0.2) is 5.75 Å². The third-order valence-corrected chi connectivity index (χ3v) is 3.34. The number of hydrogen-bond donors (Lipinski definition) is 1. The Morgan fingerprint density at radius 3 is 2.67 bits per heavy atom. The molecule has 3 aromatic rings. The Labute approximate surface area is 122 Å². The second kappa shape index (κ2) is 5.41. The summed E-state index contributed by atoms with van der Waals surface area (Å²) >= 11 is 0. The molecular weight excluding hydrogens is 268 g/mol. The van der Waals surface area contributed by atoms with Gasteiger partial charge in [-0.1, -0.05) is 18.2 Å². The van der Waals surface area contributed by atoms with Crippen LogP contribution in [0, 0.1) is 0 Å². The summed E-state index contributed by atoms with van der Waals surface area (Å²) in [5.41, 5.74) is 2.06. The molecule has 3 rings (SSSR count). The van der Waals surface area contributed by atoms with Crippen LogP contribution in [0.2, 0.25) is 0 Å². The fourth-order valence-electron chi connectivity index (χ4n) is 2.24. The SMILES string of the molecule is COc1cnn(C)c1C(O)c1ccn(-c2ccccc2)n1. The first-order chi connectivity index (χ1) is 10.2. The number of para-hydroxylation sites is 1. The van der Waals surface area contributed by atoms with Crippen molar-refractivity contribution in [2.24, 2.45) is 7.05 Å². The zero-order chi connectivity index (χ0) is 14.8. The normalized spacial score (nSPS) is 12.3. The number of aliphatic hydroxyl groups is 1. The van der Waals surface area contributed by atoms with Gasteiger partial charge < -0.3 is 9.84 Å². The van der Waals surface area contributed by atoms with Crippen LogP contribution in [0.1, 0.15) is 17.5 Å². The lowest BCUT2D eigenvalue weighted by atomic mass is 10.2. The Hall–Kier alpha value is -2.60. The minimum Gasteiger partial charge on any atom is -0.493 e. The molecular formula is C15H16N4O2. The zero-order valence-corrected chi connectivity index (χ0v) is 11.8. The standard InChI is InChI=1S/C15H16N4O2/c1-18-14(13(21-2)10-16-18)15(20)12-8-9-19(17-12)11-6-4-3-5-7-11/h3-10,15,20H,1-2H3. The Morgan fingerprint density at radius 1 is 1.19 bits per heavy atom. The molecule has 1 unspecified atom stereocenters. The number of benzene rings is 1. The summed E-state index contributed by atoms with van der Waals surface area (Å²) < 4.78 is 8.53. The molecule has 21 heavy (non-hydrogen) atoms. The van der Waals surface area contributed by atoms with E-state index < -0.39 is 6.10 Å². The highest BCUT2D eigenvalue weighted by molar-refractivity contribution is 5.34. The first-order valence-electron chi connectivity index (χ1n) is 6.55. The summed E-state index contributed by atoms with van der Waals surface area (Å²) in [6.07, 6.45) is 2.50. The van der Waals surface area contributed by atoms with Crippen molar-refractivity contribution in [3.63, 3.8) is 0 Å². The van der Waals surface area contributed by atoms with Crippen LogP contribution in [0.5, 0.6) is 5.75 Å². The van der Waals surface area contributed by atoms with Crippen LogP contribution in [0.15, 0.2) is 48.8 Å². The quantitative estimate of drug-likeness (QED) is 0.792. The van der Waals surface area contributed by atoms with Gasteiger partial charge in [-0.2, -0.15) is 10.2 Å². The van der Waals surface area contributed by atoms with E-state index in [0.717, 1.165) is 5.69 Å². The lowest BCUT2D eigenvalue weighted by Crippen LogP contribution is -2.09. The monoisotopic (exact) mass is 284 g/mol. The smallest absolute Gasteiger partial charge is 0.163 e. The molecule has 0 saturated carbocycles. The molecule has 1 atom stereocenters. The van der Waals surface area contributed by atoms with Crippen LogP contribution in [0.4, 0.5) is 0 Å². The average molecular weight is 284 g/mol. The lowest BCUT2D eigenvalue weighted by Gasteiger charge is -2.10. The molecule has 0 bridgehead atoms. The van der Waals surface area contributed by atoms with Gasteiger partial charge in [0, 0.05) is 13.2 Å². The second-order valence-electron chi connectivity index (χ2n) is 4.65. The summed E-state index contributed by atoms with van der Waals surface area (Å²) in [6.45, 7) is 0. The number of hydrogen-bond acceptors (Lipinski definition) is 4. The lowest BCUT2D eigenvalue weighted by molar-refractivity contribution is 0.199. The molecule has 0 amide bonds. The second-order valence-corrected chi connectivity index (χ2v) is 4.65. The van der Waals surface area contributed by atoms with E-state index in [2.05, 4.69) is 10.2 Å². The first-order valence-corrected chi connectivity index (χ1v) is 6.55. The molecule has 1 N–H and O–H groups in total. The highest BCUT2D eigenvalue weighted by Gasteiger charge is 2.22. The predicted octanol–water partition coefficient (Wildman–Crippen LogP) is 1.70. The number of ether oxygens (including phenoxy) is 1. The Balaban J connectivity index is 1.94. The van der Waals surface area contributed by atoms with Crippen LogP contribution in [0.25, 0.3) is 5.69 Å². The summed E-state index contributed by atoms with van der Waals surface area (Å²) in [7, 11) is 3.31. The number of nitrogens with zero attached hydrogens (tertiary/aromatic N) is 4. The van der Waals surface area contributed by atoms with Crippen LogP contribution >= 0.6 is 0 Å². The Kier molecular flexibility index (Phi) is 3.45. The van der Waals surface area contributed by atoms with Gasteiger partial charge in [-0.15, -0.1) is 0 Å². The van der Waals surface area contributed by atoms with Crippen LogP contribution in [-0.2, 0) is 7.05 Å². The van der Waals surface area contributed by atoms with Crippen molar-refractivity contribution < 1.29 is 9.84 Å². The van der Waals surface area contributed by atoms with Gasteiger partial charge in [-0.05, 0) is 18.2 Å². The average Bonchev–Trinajstić information content (AvgIpc) is 3.14. The van der Waals surface area contributed by atoms with Crippen LogP contribution in [0.3, 0.4) is 0 Å². The molecule has 1 aromatic carbocycles. The summed E-state index contributed by atoms with van der Waals surface area (Å²) in [5, 5.41) is 19.0. The maximum atomic E-state index is 10.5. The molecule has 108 valence electrons. The highest BCUT2D eigenvalue weighted by Crippen LogP contribution is 2.28. The fraction of sp³-hybridized carbons (Fsp3) is 0.200. The molecule has 6 nitrogen and oxygen atoms in total. The molecule has 0 aliphatic heterocycles. The van der Waals surface area contributed by atoms with E-state index in [1.807, 2.05) is 36.5 Å². The Morgan fingerprint density at radius 2 is 1.95 bits per heavy atom. The molecule has 6 heteroatoms. The third kappa shape index (κ3) is 2.41. The molecule has 0 radical (unpaired) electrons. The molecule has 0 aliphatic rings. The van der Waals surface area contributed by atoms with E-state index >= 15 is 0 Å². The molecule has 0 aliphatic carbocycles. The van der Waals surface area contributed by atoms with E-state index in [9.17, 15) is 5.11 Å². The van der Waals surface area contributed by atoms with Gasteiger partial charge in [-0.3, -0.25) is 4.68 Å². The number of aliphatic hydroxyl groups excluding tert-OH is 1. The molecule has 2 aromatic heterocycles. The number of rotatable bonds is 4. The first kappa shape index (κ1) is 13.4. The fourth-order valence-corrected chi connectivity index (χ4v) is 2.24. The molecule has 0 saturated heterocycles. The van der Waals surface area contributed by atoms with E-state index in [1.165, 1.54) is 0 Å². The van der Waals surface area contributed by atoms with E-state index in [1.54, 1.807) is 35.8 Å². The third-order valence-electron chi connectivity index (χ3n) is 3.34. The summed E-state index contributed by atoms with van der Waals surface area (Å²) in [5.74, 6) is 0.541. The van der Waals surface area contributed by atoms with Crippen molar-refractivity contribution in [3.8, 4) is 11.4 Å². The van der Waals surface area contributed by atoms with Crippen molar-refractivity contribution >= 4 is 0 Å². The van der Waals surface area contributed by atoms with Crippen molar-refractivity contribution in [3.05, 3.63) is 60.2 Å². The van der Waals surface area contributed by atoms with Crippen LogP contribution < -0.4 is 4.74 Å².